The zero-order valence-corrected chi connectivity index (χ0v) is 10.4. The van der Waals surface area contributed by atoms with Crippen LogP contribution in [0.5, 0.6) is 0 Å². The van der Waals surface area contributed by atoms with Gasteiger partial charge in [-0.2, -0.15) is 0 Å². The summed E-state index contributed by atoms with van der Waals surface area (Å²) in [6, 6.07) is 1.11. The summed E-state index contributed by atoms with van der Waals surface area (Å²) in [6.45, 7) is 7.91. The van der Waals surface area contributed by atoms with Gasteiger partial charge in [0.05, 0.1) is 0 Å². The number of carbonyl (C=O) groups is 1. The van der Waals surface area contributed by atoms with E-state index in [-0.39, 0.29) is 22.8 Å². The first kappa shape index (κ1) is 13.4. The molecule has 0 saturated heterocycles. The van der Waals surface area contributed by atoms with Gasteiger partial charge in [-0.25, -0.2) is 14.2 Å². The Balaban J connectivity index is 3.01. The fourth-order valence-corrected chi connectivity index (χ4v) is 1.13. The van der Waals surface area contributed by atoms with E-state index in [0.717, 1.165) is 6.07 Å². The van der Waals surface area contributed by atoms with Crippen LogP contribution in [0.25, 0.3) is 0 Å². The Labute approximate surface area is 99.9 Å². The van der Waals surface area contributed by atoms with Crippen LogP contribution < -0.4 is 5.32 Å². The van der Waals surface area contributed by atoms with E-state index in [4.69, 9.17) is 5.11 Å². The number of halogens is 1. The first-order valence-corrected chi connectivity index (χ1v) is 5.38. The van der Waals surface area contributed by atoms with Gasteiger partial charge in [-0.05, 0) is 18.4 Å². The van der Waals surface area contributed by atoms with E-state index in [0.29, 0.717) is 0 Å². The molecule has 0 aliphatic heterocycles. The molecule has 1 unspecified atom stereocenters. The second kappa shape index (κ2) is 4.69. The number of aromatic nitrogens is 1. The minimum Gasteiger partial charge on any atom is -0.478 e. The Hall–Kier alpha value is -1.65. The molecule has 1 heterocycles. The van der Waals surface area contributed by atoms with Gasteiger partial charge in [0.15, 0.2) is 11.6 Å². The molecule has 0 saturated carbocycles. The van der Waals surface area contributed by atoms with Crippen molar-refractivity contribution in [1.29, 1.82) is 0 Å². The van der Waals surface area contributed by atoms with E-state index >= 15 is 0 Å². The molecule has 17 heavy (non-hydrogen) atoms. The lowest BCUT2D eigenvalue weighted by atomic mass is 9.88. The first-order chi connectivity index (χ1) is 7.73. The summed E-state index contributed by atoms with van der Waals surface area (Å²) in [5.41, 5.74) is -0.448. The van der Waals surface area contributed by atoms with E-state index in [1.54, 1.807) is 0 Å². The average molecular weight is 240 g/mol. The maximum absolute atomic E-state index is 13.8. The number of rotatable bonds is 3. The number of carboxylic acid groups (broad SMARTS) is 1. The minimum atomic E-state index is -1.30. The van der Waals surface area contributed by atoms with Crippen molar-refractivity contribution in [3.05, 3.63) is 23.6 Å². The van der Waals surface area contributed by atoms with Gasteiger partial charge < -0.3 is 10.4 Å². The standard InChI is InChI=1S/C12H17FN2O2/c1-7(12(2,3)4)15-10-9(13)8(11(16)17)5-6-14-10/h5-7H,1-4H3,(H,14,15)(H,16,17). The molecule has 1 atom stereocenters. The van der Waals surface area contributed by atoms with E-state index in [9.17, 15) is 9.18 Å². The van der Waals surface area contributed by atoms with Crippen molar-refractivity contribution in [1.82, 2.24) is 4.98 Å². The highest BCUT2D eigenvalue weighted by Crippen LogP contribution is 2.24. The molecule has 1 rings (SSSR count). The zero-order valence-electron chi connectivity index (χ0n) is 10.4. The van der Waals surface area contributed by atoms with Crippen LogP contribution in [0.2, 0.25) is 0 Å². The van der Waals surface area contributed by atoms with Crippen molar-refractivity contribution >= 4 is 11.8 Å². The predicted octanol–water partition coefficient (Wildman–Crippen LogP) is 2.77. The number of aromatic carboxylic acids is 1. The Morgan fingerprint density at radius 1 is 1.53 bits per heavy atom. The van der Waals surface area contributed by atoms with Crippen LogP contribution >= 0.6 is 0 Å². The Morgan fingerprint density at radius 2 is 2.12 bits per heavy atom. The zero-order chi connectivity index (χ0) is 13.2. The molecule has 0 fully saturated rings. The van der Waals surface area contributed by atoms with Crippen LogP contribution in [-0.2, 0) is 0 Å². The number of nitrogens with one attached hydrogen (secondary N) is 1. The SMILES string of the molecule is CC(Nc1nccc(C(=O)O)c1F)C(C)(C)C. The molecule has 1 aromatic heterocycles. The van der Waals surface area contributed by atoms with Crippen molar-refractivity contribution < 1.29 is 14.3 Å². The number of carboxylic acids is 1. The van der Waals surface area contributed by atoms with E-state index < -0.39 is 11.8 Å². The normalized spacial score (nSPS) is 13.2. The maximum Gasteiger partial charge on any atom is 0.338 e. The molecule has 0 radical (unpaired) electrons. The van der Waals surface area contributed by atoms with Gasteiger partial charge >= 0.3 is 5.97 Å². The summed E-state index contributed by atoms with van der Waals surface area (Å²) in [6.07, 6.45) is 1.28. The number of hydrogen-bond acceptors (Lipinski definition) is 3. The molecule has 94 valence electrons. The van der Waals surface area contributed by atoms with Crippen molar-refractivity contribution in [3.63, 3.8) is 0 Å². The van der Waals surface area contributed by atoms with Crippen molar-refractivity contribution in [2.75, 3.05) is 5.32 Å². The third-order valence-electron chi connectivity index (χ3n) is 2.77. The second-order valence-corrected chi connectivity index (χ2v) is 5.06. The summed E-state index contributed by atoms with van der Waals surface area (Å²) in [5, 5.41) is 11.7. The van der Waals surface area contributed by atoms with Gasteiger partial charge in [0.2, 0.25) is 0 Å². The second-order valence-electron chi connectivity index (χ2n) is 5.06. The quantitative estimate of drug-likeness (QED) is 0.852. The number of anilines is 1. The summed E-state index contributed by atoms with van der Waals surface area (Å²) in [4.78, 5) is 14.6. The van der Waals surface area contributed by atoms with Gasteiger partial charge in [0.1, 0.15) is 5.56 Å². The van der Waals surface area contributed by atoms with Crippen LogP contribution in [-0.4, -0.2) is 22.1 Å². The van der Waals surface area contributed by atoms with Gasteiger partial charge in [-0.1, -0.05) is 20.8 Å². The van der Waals surface area contributed by atoms with Crippen molar-refractivity contribution in [3.8, 4) is 0 Å². The molecule has 4 nitrogen and oxygen atoms in total. The smallest absolute Gasteiger partial charge is 0.338 e. The van der Waals surface area contributed by atoms with E-state index in [2.05, 4.69) is 10.3 Å². The number of nitrogens with zero attached hydrogens (tertiary/aromatic N) is 1. The van der Waals surface area contributed by atoms with Crippen LogP contribution in [0.3, 0.4) is 0 Å². The first-order valence-electron chi connectivity index (χ1n) is 5.38. The molecular weight excluding hydrogens is 223 g/mol. The van der Waals surface area contributed by atoms with E-state index in [1.165, 1.54) is 6.20 Å². The topological polar surface area (TPSA) is 62.2 Å². The average Bonchev–Trinajstić information content (AvgIpc) is 2.19. The van der Waals surface area contributed by atoms with Crippen molar-refractivity contribution in [2.24, 2.45) is 5.41 Å². The number of pyridine rings is 1. The highest BCUT2D eigenvalue weighted by molar-refractivity contribution is 5.88. The van der Waals surface area contributed by atoms with Gasteiger partial charge in [0.25, 0.3) is 0 Å². The largest absolute Gasteiger partial charge is 0.478 e. The molecule has 0 bridgehead atoms. The lowest BCUT2D eigenvalue weighted by molar-refractivity contribution is 0.0692. The molecule has 0 aliphatic carbocycles. The van der Waals surface area contributed by atoms with Crippen molar-refractivity contribution in [2.45, 2.75) is 33.7 Å². The third-order valence-corrected chi connectivity index (χ3v) is 2.77. The fraction of sp³-hybridized carbons (Fsp3) is 0.500. The molecule has 5 heteroatoms. The predicted molar refractivity (Wildman–Crippen MR) is 63.7 cm³/mol. The summed E-state index contributed by atoms with van der Waals surface area (Å²) >= 11 is 0. The Morgan fingerprint density at radius 3 is 2.59 bits per heavy atom. The Bertz CT molecular complexity index is 427. The summed E-state index contributed by atoms with van der Waals surface area (Å²) in [5.74, 6) is -2.14. The molecule has 0 aromatic carbocycles. The highest BCUT2D eigenvalue weighted by atomic mass is 19.1. The highest BCUT2D eigenvalue weighted by Gasteiger charge is 2.23. The lowest BCUT2D eigenvalue weighted by Gasteiger charge is -2.28. The summed E-state index contributed by atoms with van der Waals surface area (Å²) < 4.78 is 13.8. The molecule has 1 aromatic rings. The van der Waals surface area contributed by atoms with Crippen LogP contribution in [0.1, 0.15) is 38.1 Å². The number of hydrogen-bond donors (Lipinski definition) is 2. The molecule has 0 spiro atoms. The fourth-order valence-electron chi connectivity index (χ4n) is 1.13. The van der Waals surface area contributed by atoms with Crippen LogP contribution in [0.15, 0.2) is 12.3 Å². The maximum atomic E-state index is 13.8. The minimum absolute atomic E-state index is 0.0210. The molecule has 0 amide bonds. The van der Waals surface area contributed by atoms with Gasteiger partial charge in [-0.15, -0.1) is 0 Å². The molecule has 2 N–H and O–H groups in total. The van der Waals surface area contributed by atoms with Gasteiger partial charge in [-0.3, -0.25) is 0 Å². The molecular formula is C12H17FN2O2. The van der Waals surface area contributed by atoms with Crippen LogP contribution in [0.4, 0.5) is 10.2 Å². The van der Waals surface area contributed by atoms with Crippen LogP contribution in [0, 0.1) is 11.2 Å². The van der Waals surface area contributed by atoms with Gasteiger partial charge in [0, 0.05) is 12.2 Å². The van der Waals surface area contributed by atoms with E-state index in [1.807, 2.05) is 27.7 Å². The Kier molecular flexibility index (Phi) is 3.70. The summed E-state index contributed by atoms with van der Waals surface area (Å²) in [7, 11) is 0. The lowest BCUT2D eigenvalue weighted by Crippen LogP contribution is -2.31. The monoisotopic (exact) mass is 240 g/mol. The molecule has 0 aliphatic rings. The third kappa shape index (κ3) is 3.15.